The molecule has 0 saturated carbocycles. The maximum absolute atomic E-state index is 12.8. The molecule has 0 spiro atoms. The number of nitrogens with one attached hydrogen (secondary N) is 2. The lowest BCUT2D eigenvalue weighted by atomic mass is 10.0. The molecule has 0 radical (unpaired) electrons. The monoisotopic (exact) mass is 391 g/mol. The average Bonchev–Trinajstić information content (AvgIpc) is 2.69. The Bertz CT molecular complexity index is 1040. The lowest BCUT2D eigenvalue weighted by Crippen LogP contribution is -2.30. The standard InChI is InChI=1S/C22H21N3O4/c1-3-29-22(28)19(21(23)27)20-17(24-15-6-4-5-7-16(15)25-20)12-18(26)14-10-8-13(2)9-11-14/h4-12,24-25H,3H2,1-2H3,(H2,23,27). The van der Waals surface area contributed by atoms with Gasteiger partial charge in [-0.2, -0.15) is 0 Å². The first-order valence-corrected chi connectivity index (χ1v) is 9.08. The third kappa shape index (κ3) is 4.35. The summed E-state index contributed by atoms with van der Waals surface area (Å²) >= 11 is 0. The molecule has 0 unspecified atom stereocenters. The minimum absolute atomic E-state index is 0.0776. The Balaban J connectivity index is 2.13. The van der Waals surface area contributed by atoms with Crippen molar-refractivity contribution in [2.75, 3.05) is 17.2 Å². The van der Waals surface area contributed by atoms with Crippen LogP contribution in [0.2, 0.25) is 0 Å². The van der Waals surface area contributed by atoms with Crippen molar-refractivity contribution >= 4 is 29.0 Å². The fraction of sp³-hybridized carbons (Fsp3) is 0.136. The van der Waals surface area contributed by atoms with Crippen LogP contribution in [-0.2, 0) is 14.3 Å². The zero-order valence-corrected chi connectivity index (χ0v) is 16.1. The number of carbonyl (C=O) groups excluding carboxylic acids is 3. The number of fused-ring (bicyclic) bond motifs is 1. The van der Waals surface area contributed by atoms with E-state index in [1.54, 1.807) is 37.3 Å². The van der Waals surface area contributed by atoms with Crippen LogP contribution in [0, 0.1) is 6.92 Å². The minimum atomic E-state index is -0.958. The zero-order valence-electron chi connectivity index (χ0n) is 16.1. The zero-order chi connectivity index (χ0) is 21.0. The fourth-order valence-corrected chi connectivity index (χ4v) is 2.88. The second-order valence-electron chi connectivity index (χ2n) is 6.42. The second kappa shape index (κ2) is 8.43. The molecule has 1 amide bonds. The van der Waals surface area contributed by atoms with Crippen LogP contribution in [0.15, 0.2) is 71.6 Å². The number of primary amides is 1. The molecule has 1 aliphatic heterocycles. The first kappa shape index (κ1) is 19.9. The number of esters is 1. The Morgan fingerprint density at radius 1 is 1.00 bits per heavy atom. The number of carbonyl (C=O) groups is 3. The van der Waals surface area contributed by atoms with Crippen molar-refractivity contribution in [3.8, 4) is 0 Å². The lowest BCUT2D eigenvalue weighted by molar-refractivity contribution is -0.140. The largest absolute Gasteiger partial charge is 0.462 e. The lowest BCUT2D eigenvalue weighted by Gasteiger charge is -2.26. The third-order valence-corrected chi connectivity index (χ3v) is 4.31. The van der Waals surface area contributed by atoms with Gasteiger partial charge in [0.05, 0.1) is 29.4 Å². The number of hydrogen-bond acceptors (Lipinski definition) is 6. The van der Waals surface area contributed by atoms with E-state index in [2.05, 4.69) is 10.6 Å². The van der Waals surface area contributed by atoms with Crippen molar-refractivity contribution in [3.05, 3.63) is 82.7 Å². The van der Waals surface area contributed by atoms with Gasteiger partial charge in [0.1, 0.15) is 5.57 Å². The van der Waals surface area contributed by atoms with Gasteiger partial charge in [0, 0.05) is 11.6 Å². The van der Waals surface area contributed by atoms with Gasteiger partial charge in [-0.05, 0) is 26.0 Å². The van der Waals surface area contributed by atoms with Gasteiger partial charge in [-0.3, -0.25) is 9.59 Å². The van der Waals surface area contributed by atoms with Crippen LogP contribution in [0.3, 0.4) is 0 Å². The Hall–Kier alpha value is -3.87. The minimum Gasteiger partial charge on any atom is -0.462 e. The Morgan fingerprint density at radius 2 is 1.62 bits per heavy atom. The SMILES string of the molecule is CCOC(=O)C(C(N)=O)=C1Nc2ccccc2NC1=CC(=O)c1ccc(C)cc1. The van der Waals surface area contributed by atoms with E-state index >= 15 is 0 Å². The molecule has 4 N–H and O–H groups in total. The number of ether oxygens (including phenoxy) is 1. The van der Waals surface area contributed by atoms with E-state index in [0.29, 0.717) is 16.9 Å². The van der Waals surface area contributed by atoms with Gasteiger partial charge in [0.15, 0.2) is 5.78 Å². The van der Waals surface area contributed by atoms with Crippen LogP contribution < -0.4 is 16.4 Å². The molecule has 7 nitrogen and oxygen atoms in total. The summed E-state index contributed by atoms with van der Waals surface area (Å²) in [5.74, 6) is -2.11. The molecule has 7 heteroatoms. The van der Waals surface area contributed by atoms with Crippen molar-refractivity contribution in [2.45, 2.75) is 13.8 Å². The van der Waals surface area contributed by atoms with E-state index in [1.807, 2.05) is 25.1 Å². The summed E-state index contributed by atoms with van der Waals surface area (Å²) in [6.45, 7) is 3.63. The summed E-state index contributed by atoms with van der Waals surface area (Å²) in [4.78, 5) is 37.2. The summed E-state index contributed by atoms with van der Waals surface area (Å²) < 4.78 is 4.98. The predicted octanol–water partition coefficient (Wildman–Crippen LogP) is 2.90. The molecule has 0 fully saturated rings. The van der Waals surface area contributed by atoms with E-state index in [0.717, 1.165) is 5.56 Å². The van der Waals surface area contributed by atoms with E-state index in [-0.39, 0.29) is 29.4 Å². The third-order valence-electron chi connectivity index (χ3n) is 4.31. The highest BCUT2D eigenvalue weighted by atomic mass is 16.5. The summed E-state index contributed by atoms with van der Waals surface area (Å²) in [5, 5.41) is 6.12. The number of rotatable bonds is 5. The Morgan fingerprint density at radius 3 is 2.21 bits per heavy atom. The molecule has 0 aliphatic carbocycles. The van der Waals surface area contributed by atoms with E-state index in [9.17, 15) is 14.4 Å². The highest BCUT2D eigenvalue weighted by Gasteiger charge is 2.28. The molecule has 3 rings (SSSR count). The number of allylic oxidation sites excluding steroid dienone is 1. The fourth-order valence-electron chi connectivity index (χ4n) is 2.88. The molecule has 0 atom stereocenters. The van der Waals surface area contributed by atoms with Crippen molar-refractivity contribution < 1.29 is 19.1 Å². The van der Waals surface area contributed by atoms with Gasteiger partial charge in [-0.1, -0.05) is 42.0 Å². The molecule has 0 saturated heterocycles. The van der Waals surface area contributed by atoms with Crippen molar-refractivity contribution in [1.82, 2.24) is 0 Å². The number of anilines is 2. The van der Waals surface area contributed by atoms with Crippen molar-refractivity contribution in [3.63, 3.8) is 0 Å². The van der Waals surface area contributed by atoms with Gasteiger partial charge < -0.3 is 21.1 Å². The van der Waals surface area contributed by atoms with Crippen LogP contribution in [0.5, 0.6) is 0 Å². The van der Waals surface area contributed by atoms with Crippen molar-refractivity contribution in [1.29, 1.82) is 0 Å². The molecule has 0 bridgehead atoms. The summed E-state index contributed by atoms with van der Waals surface area (Å²) in [6.07, 6.45) is 1.32. The van der Waals surface area contributed by atoms with Crippen LogP contribution in [-0.4, -0.2) is 24.3 Å². The highest BCUT2D eigenvalue weighted by molar-refractivity contribution is 6.18. The molecule has 2 aromatic carbocycles. The van der Waals surface area contributed by atoms with Gasteiger partial charge >= 0.3 is 5.97 Å². The molecule has 2 aromatic rings. The average molecular weight is 391 g/mol. The molecule has 148 valence electrons. The van der Waals surface area contributed by atoms with Crippen LogP contribution in [0.1, 0.15) is 22.8 Å². The maximum atomic E-state index is 12.8. The number of benzene rings is 2. The first-order valence-electron chi connectivity index (χ1n) is 9.08. The Kier molecular flexibility index (Phi) is 5.78. The van der Waals surface area contributed by atoms with Crippen molar-refractivity contribution in [2.24, 2.45) is 5.73 Å². The van der Waals surface area contributed by atoms with Gasteiger partial charge in [-0.25, -0.2) is 4.79 Å². The van der Waals surface area contributed by atoms with Gasteiger partial charge in [-0.15, -0.1) is 0 Å². The summed E-state index contributed by atoms with van der Waals surface area (Å²) in [6, 6.07) is 14.3. The quantitative estimate of drug-likeness (QED) is 0.238. The molecular weight excluding hydrogens is 370 g/mol. The normalized spacial score (nSPS) is 15.6. The van der Waals surface area contributed by atoms with Crippen LogP contribution >= 0.6 is 0 Å². The van der Waals surface area contributed by atoms with Crippen LogP contribution in [0.4, 0.5) is 11.4 Å². The molecule has 0 aromatic heterocycles. The second-order valence-corrected chi connectivity index (χ2v) is 6.42. The maximum Gasteiger partial charge on any atom is 0.345 e. The number of hydrogen-bond donors (Lipinski definition) is 3. The number of amides is 1. The smallest absolute Gasteiger partial charge is 0.345 e. The molecule has 1 heterocycles. The predicted molar refractivity (Wildman–Crippen MR) is 110 cm³/mol. The van der Waals surface area contributed by atoms with Gasteiger partial charge in [0.2, 0.25) is 0 Å². The van der Waals surface area contributed by atoms with E-state index in [4.69, 9.17) is 10.5 Å². The highest BCUT2D eigenvalue weighted by Crippen LogP contribution is 2.33. The summed E-state index contributed by atoms with van der Waals surface area (Å²) in [7, 11) is 0. The van der Waals surface area contributed by atoms with Gasteiger partial charge in [0.25, 0.3) is 5.91 Å². The molecular formula is C22H21N3O4. The summed E-state index contributed by atoms with van der Waals surface area (Å²) in [5.41, 5.74) is 8.25. The van der Waals surface area contributed by atoms with Crippen LogP contribution in [0.25, 0.3) is 0 Å². The number of aryl methyl sites for hydroxylation is 1. The topological polar surface area (TPSA) is 111 Å². The Labute approximate surface area is 168 Å². The van der Waals surface area contributed by atoms with E-state index in [1.165, 1.54) is 6.08 Å². The number of ketones is 1. The molecule has 1 aliphatic rings. The number of para-hydroxylation sites is 2. The number of nitrogens with two attached hydrogens (primary N) is 1. The molecule has 29 heavy (non-hydrogen) atoms. The first-order chi connectivity index (χ1) is 13.9. The van der Waals surface area contributed by atoms with E-state index < -0.39 is 11.9 Å².